The van der Waals surface area contributed by atoms with Crippen molar-refractivity contribution in [2.75, 3.05) is 5.32 Å². The lowest BCUT2D eigenvalue weighted by Crippen LogP contribution is -2.13. The summed E-state index contributed by atoms with van der Waals surface area (Å²) in [4.78, 5) is 15.6. The Morgan fingerprint density at radius 2 is 1.91 bits per heavy atom. The Balaban J connectivity index is 1.34. The van der Waals surface area contributed by atoms with Crippen LogP contribution in [0.1, 0.15) is 17.8 Å². The van der Waals surface area contributed by atoms with Crippen molar-refractivity contribution in [2.24, 2.45) is 7.05 Å². The van der Waals surface area contributed by atoms with Gasteiger partial charge in [-0.2, -0.15) is 18.3 Å². The largest absolute Gasteiger partial charge is 0.416 e. The number of nitrogens with zero attached hydrogens (tertiary/aromatic N) is 5. The number of aromatic amines is 1. The molecule has 35 heavy (non-hydrogen) atoms. The first-order chi connectivity index (χ1) is 16.8. The first kappa shape index (κ1) is 22.4. The maximum atomic E-state index is 12.8. The first-order valence-electron chi connectivity index (χ1n) is 10.7. The van der Waals surface area contributed by atoms with Gasteiger partial charge in [0, 0.05) is 48.7 Å². The fraction of sp³-hybridized carbons (Fsp3) is 0.167. The highest BCUT2D eigenvalue weighted by Crippen LogP contribution is 2.31. The van der Waals surface area contributed by atoms with Gasteiger partial charge in [0.15, 0.2) is 0 Å². The summed E-state index contributed by atoms with van der Waals surface area (Å²) in [6.07, 6.45) is 3.06. The molecule has 0 radical (unpaired) electrons. The highest BCUT2D eigenvalue weighted by Gasteiger charge is 2.30. The zero-order chi connectivity index (χ0) is 24.6. The Morgan fingerprint density at radius 1 is 1.11 bits per heavy atom. The Labute approximate surface area is 197 Å². The Morgan fingerprint density at radius 3 is 2.63 bits per heavy atom. The second-order valence-corrected chi connectivity index (χ2v) is 8.09. The van der Waals surface area contributed by atoms with E-state index in [-0.39, 0.29) is 12.3 Å². The van der Waals surface area contributed by atoms with E-state index in [1.165, 1.54) is 16.8 Å². The molecule has 0 unspecified atom stereocenters. The van der Waals surface area contributed by atoms with Crippen LogP contribution >= 0.6 is 0 Å². The van der Waals surface area contributed by atoms with Gasteiger partial charge in [0.05, 0.1) is 23.1 Å². The van der Waals surface area contributed by atoms with Crippen LogP contribution < -0.4 is 5.32 Å². The Hall–Kier alpha value is -4.41. The minimum Gasteiger partial charge on any atom is -0.359 e. The molecule has 0 saturated heterocycles. The van der Waals surface area contributed by atoms with Crippen molar-refractivity contribution in [1.29, 1.82) is 0 Å². The average Bonchev–Trinajstić information content (AvgIpc) is 3.57. The molecule has 11 heteroatoms. The van der Waals surface area contributed by atoms with Gasteiger partial charge in [-0.15, -0.1) is 10.2 Å². The number of H-pyrrole nitrogens is 1. The van der Waals surface area contributed by atoms with Crippen molar-refractivity contribution in [3.8, 4) is 16.8 Å². The third-order valence-corrected chi connectivity index (χ3v) is 5.71. The number of halogens is 3. The molecule has 2 aromatic carbocycles. The number of anilines is 1. The van der Waals surface area contributed by atoms with E-state index in [9.17, 15) is 18.0 Å². The second-order valence-electron chi connectivity index (χ2n) is 8.09. The number of alkyl halides is 3. The molecule has 5 aromatic rings. The third-order valence-electron chi connectivity index (χ3n) is 5.71. The van der Waals surface area contributed by atoms with E-state index in [0.29, 0.717) is 17.8 Å². The summed E-state index contributed by atoms with van der Waals surface area (Å²) in [6, 6.07) is 10.6. The molecular formula is C24H20F3N7O. The van der Waals surface area contributed by atoms with Crippen molar-refractivity contribution in [3.05, 3.63) is 78.8 Å². The number of amides is 1. The van der Waals surface area contributed by atoms with Crippen molar-refractivity contribution in [2.45, 2.75) is 19.0 Å². The first-order valence-corrected chi connectivity index (χ1v) is 10.7. The molecule has 1 amide bonds. The maximum Gasteiger partial charge on any atom is 0.416 e. The van der Waals surface area contributed by atoms with Gasteiger partial charge in [-0.05, 0) is 42.0 Å². The molecule has 0 atom stereocenters. The molecule has 0 aliphatic heterocycles. The van der Waals surface area contributed by atoms with E-state index < -0.39 is 11.7 Å². The van der Waals surface area contributed by atoms with Crippen molar-refractivity contribution < 1.29 is 18.0 Å². The molecule has 178 valence electrons. The number of aromatic nitrogens is 6. The van der Waals surface area contributed by atoms with Crippen LogP contribution in [-0.2, 0) is 24.4 Å². The summed E-state index contributed by atoms with van der Waals surface area (Å²) in [7, 11) is 1.83. The van der Waals surface area contributed by atoms with Gasteiger partial charge in [0.2, 0.25) is 5.91 Å². The molecule has 3 aromatic heterocycles. The number of hydrogen-bond acceptors (Lipinski definition) is 4. The van der Waals surface area contributed by atoms with Gasteiger partial charge in [0.1, 0.15) is 12.2 Å². The monoisotopic (exact) mass is 479 g/mol. The number of aryl methyl sites for hydroxylation is 2. The second kappa shape index (κ2) is 8.75. The number of carbonyl (C=O) groups is 1. The van der Waals surface area contributed by atoms with E-state index in [1.807, 2.05) is 25.2 Å². The summed E-state index contributed by atoms with van der Waals surface area (Å²) in [5, 5.41) is 15.9. The summed E-state index contributed by atoms with van der Waals surface area (Å²) in [5.41, 5.74) is 2.95. The molecule has 0 bridgehead atoms. The molecule has 8 nitrogen and oxygen atoms in total. The van der Waals surface area contributed by atoms with Crippen molar-refractivity contribution >= 4 is 22.5 Å². The van der Waals surface area contributed by atoms with E-state index in [2.05, 4.69) is 25.6 Å². The lowest BCUT2D eigenvalue weighted by molar-refractivity contribution is -0.137. The van der Waals surface area contributed by atoms with Gasteiger partial charge in [-0.1, -0.05) is 6.07 Å². The topological polar surface area (TPSA) is 93.4 Å². The highest BCUT2D eigenvalue weighted by molar-refractivity contribution is 6.02. The van der Waals surface area contributed by atoms with Gasteiger partial charge in [-0.25, -0.2) is 4.68 Å². The normalized spacial score (nSPS) is 11.8. The van der Waals surface area contributed by atoms with Crippen LogP contribution in [0.5, 0.6) is 0 Å². The number of nitrogens with one attached hydrogen (secondary N) is 2. The van der Waals surface area contributed by atoms with E-state index in [4.69, 9.17) is 0 Å². The van der Waals surface area contributed by atoms with Crippen LogP contribution in [0.25, 0.3) is 27.7 Å². The van der Waals surface area contributed by atoms with Gasteiger partial charge in [-0.3, -0.25) is 4.79 Å². The Kier molecular flexibility index (Phi) is 5.59. The van der Waals surface area contributed by atoms with Crippen LogP contribution in [0, 0.1) is 0 Å². The number of fused-ring (bicyclic) bond motifs is 1. The fourth-order valence-electron chi connectivity index (χ4n) is 3.79. The summed E-state index contributed by atoms with van der Waals surface area (Å²) < 4.78 is 41.8. The summed E-state index contributed by atoms with van der Waals surface area (Å²) >= 11 is 0. The maximum absolute atomic E-state index is 12.8. The van der Waals surface area contributed by atoms with Crippen LogP contribution in [-0.4, -0.2) is 35.4 Å². The molecular weight excluding hydrogens is 459 g/mol. The molecule has 0 aliphatic carbocycles. The number of benzene rings is 2. The van der Waals surface area contributed by atoms with Gasteiger partial charge in [0.25, 0.3) is 0 Å². The smallest absolute Gasteiger partial charge is 0.359 e. The van der Waals surface area contributed by atoms with Gasteiger partial charge >= 0.3 is 6.18 Å². The van der Waals surface area contributed by atoms with E-state index >= 15 is 0 Å². The van der Waals surface area contributed by atoms with Crippen molar-refractivity contribution in [1.82, 2.24) is 29.5 Å². The third kappa shape index (κ3) is 4.65. The number of hydrogen-bond donors (Lipinski definition) is 2. The van der Waals surface area contributed by atoms with Crippen LogP contribution in [0.2, 0.25) is 0 Å². The minimum atomic E-state index is -4.39. The Bertz CT molecular complexity index is 1500. The molecule has 5 rings (SSSR count). The minimum absolute atomic E-state index is 0.144. The zero-order valence-corrected chi connectivity index (χ0v) is 18.5. The summed E-state index contributed by atoms with van der Waals surface area (Å²) in [5.74, 6) is 0.584. The predicted octanol–water partition coefficient (Wildman–Crippen LogP) is 4.74. The molecule has 0 aliphatic rings. The zero-order valence-electron chi connectivity index (χ0n) is 18.5. The summed E-state index contributed by atoms with van der Waals surface area (Å²) in [6.45, 7) is 0. The standard InChI is InChI=1S/C24H20F3N7O/c1-33-14-29-32-22(33)8-9-23(35)31-21-12-28-20-7-2-15(10-19(20)21)16-11-30-34(13-16)18-5-3-17(4-6-18)24(25,26)27/h2-7,10-14,28H,8-9H2,1H3,(H,31,35). The van der Waals surface area contributed by atoms with Crippen molar-refractivity contribution in [3.63, 3.8) is 0 Å². The van der Waals surface area contributed by atoms with Crippen LogP contribution in [0.15, 0.2) is 67.4 Å². The molecule has 0 fully saturated rings. The lowest BCUT2D eigenvalue weighted by Gasteiger charge is -2.07. The predicted molar refractivity (Wildman–Crippen MR) is 124 cm³/mol. The van der Waals surface area contributed by atoms with Gasteiger partial charge < -0.3 is 14.9 Å². The average molecular weight is 479 g/mol. The molecule has 0 saturated carbocycles. The van der Waals surface area contributed by atoms with E-state index in [0.717, 1.165) is 40.0 Å². The lowest BCUT2D eigenvalue weighted by atomic mass is 10.1. The quantitative estimate of drug-likeness (QED) is 0.368. The highest BCUT2D eigenvalue weighted by atomic mass is 19.4. The molecule has 3 heterocycles. The van der Waals surface area contributed by atoms with Crippen LogP contribution in [0.3, 0.4) is 0 Å². The number of rotatable bonds is 6. The fourth-order valence-corrected chi connectivity index (χ4v) is 3.79. The molecule has 0 spiro atoms. The van der Waals surface area contributed by atoms with Crippen LogP contribution in [0.4, 0.5) is 18.9 Å². The number of carbonyl (C=O) groups excluding carboxylic acids is 1. The van der Waals surface area contributed by atoms with E-state index in [1.54, 1.807) is 29.5 Å². The SMILES string of the molecule is Cn1cnnc1CCC(=O)Nc1c[nH]c2ccc(-c3cnn(-c4ccc(C(F)(F)F)cc4)c3)cc12. The molecule has 2 N–H and O–H groups in total.